The fraction of sp³-hybridized carbons (Fsp3) is 0.556. The van der Waals surface area contributed by atoms with Crippen molar-refractivity contribution in [2.24, 2.45) is 11.5 Å². The molecule has 1 fully saturated rings. The zero-order chi connectivity index (χ0) is 10.2. The smallest absolute Gasteiger partial charge is 0.237 e. The van der Waals surface area contributed by atoms with Crippen LogP contribution >= 0.6 is 0 Å². The lowest BCUT2D eigenvalue weighted by Gasteiger charge is -2.19. The van der Waals surface area contributed by atoms with Crippen molar-refractivity contribution >= 4 is 5.91 Å². The van der Waals surface area contributed by atoms with E-state index in [2.05, 4.69) is 4.98 Å². The first-order valence-corrected chi connectivity index (χ1v) is 4.68. The van der Waals surface area contributed by atoms with Crippen LogP contribution < -0.4 is 11.5 Å². The normalized spacial score (nSPS) is 31.9. The van der Waals surface area contributed by atoms with Gasteiger partial charge in [-0.05, 0) is 19.3 Å². The Labute approximate surface area is 82.1 Å². The van der Waals surface area contributed by atoms with Crippen LogP contribution in [0.25, 0.3) is 0 Å². The minimum absolute atomic E-state index is 0.259. The van der Waals surface area contributed by atoms with Gasteiger partial charge in [0.05, 0.1) is 11.9 Å². The standard InChI is InChI=1S/C9H14N4O/c10-8(14)9(11)2-1-7(5-9)13-4-3-12-6-13/h3-4,6-7H,1-2,5,11H2,(H2,10,14). The summed E-state index contributed by atoms with van der Waals surface area (Å²) in [5.41, 5.74) is 10.3. The van der Waals surface area contributed by atoms with Gasteiger partial charge < -0.3 is 16.0 Å². The van der Waals surface area contributed by atoms with Gasteiger partial charge in [0.15, 0.2) is 0 Å². The van der Waals surface area contributed by atoms with Crippen molar-refractivity contribution in [3.05, 3.63) is 18.7 Å². The van der Waals surface area contributed by atoms with Crippen LogP contribution in [0.3, 0.4) is 0 Å². The first-order chi connectivity index (χ1) is 6.62. The molecule has 14 heavy (non-hydrogen) atoms. The molecular weight excluding hydrogens is 180 g/mol. The molecule has 1 aliphatic rings. The van der Waals surface area contributed by atoms with E-state index in [4.69, 9.17) is 11.5 Å². The van der Waals surface area contributed by atoms with E-state index in [-0.39, 0.29) is 6.04 Å². The summed E-state index contributed by atoms with van der Waals surface area (Å²) >= 11 is 0. The summed E-state index contributed by atoms with van der Waals surface area (Å²) in [6.07, 6.45) is 7.51. The lowest BCUT2D eigenvalue weighted by atomic mass is 9.98. The third kappa shape index (κ3) is 1.39. The van der Waals surface area contributed by atoms with E-state index in [9.17, 15) is 4.79 Å². The number of imidazole rings is 1. The Kier molecular flexibility index (Phi) is 2.03. The fourth-order valence-corrected chi connectivity index (χ4v) is 2.01. The van der Waals surface area contributed by atoms with Crippen molar-refractivity contribution in [1.82, 2.24) is 9.55 Å². The summed E-state index contributed by atoms with van der Waals surface area (Å²) in [6, 6.07) is 0.259. The van der Waals surface area contributed by atoms with Gasteiger partial charge in [-0.2, -0.15) is 0 Å². The van der Waals surface area contributed by atoms with Crippen molar-refractivity contribution < 1.29 is 4.79 Å². The van der Waals surface area contributed by atoms with Crippen LogP contribution in [0.5, 0.6) is 0 Å². The van der Waals surface area contributed by atoms with E-state index in [1.165, 1.54) is 0 Å². The quantitative estimate of drug-likeness (QED) is 0.683. The zero-order valence-electron chi connectivity index (χ0n) is 7.89. The molecule has 1 heterocycles. The Morgan fingerprint density at radius 2 is 2.43 bits per heavy atom. The molecule has 1 amide bonds. The van der Waals surface area contributed by atoms with E-state index < -0.39 is 11.4 Å². The second kappa shape index (κ2) is 3.09. The van der Waals surface area contributed by atoms with Crippen LogP contribution in [0.2, 0.25) is 0 Å². The second-order valence-electron chi connectivity index (χ2n) is 3.93. The highest BCUT2D eigenvalue weighted by molar-refractivity contribution is 5.84. The van der Waals surface area contributed by atoms with Gasteiger partial charge in [0.2, 0.25) is 5.91 Å². The maximum absolute atomic E-state index is 11.1. The summed E-state index contributed by atoms with van der Waals surface area (Å²) in [4.78, 5) is 15.1. The number of amides is 1. The van der Waals surface area contributed by atoms with Crippen molar-refractivity contribution in [2.45, 2.75) is 30.8 Å². The van der Waals surface area contributed by atoms with Crippen LogP contribution in [0.1, 0.15) is 25.3 Å². The van der Waals surface area contributed by atoms with Crippen LogP contribution in [0, 0.1) is 0 Å². The molecular formula is C9H14N4O. The maximum Gasteiger partial charge on any atom is 0.237 e. The molecule has 5 nitrogen and oxygen atoms in total. The second-order valence-corrected chi connectivity index (χ2v) is 3.93. The SMILES string of the molecule is NC(=O)C1(N)CCC(n2ccnc2)C1. The van der Waals surface area contributed by atoms with Gasteiger partial charge in [0, 0.05) is 18.4 Å². The minimum Gasteiger partial charge on any atom is -0.368 e. The predicted octanol–water partition coefficient (Wildman–Crippen LogP) is -0.209. The fourth-order valence-electron chi connectivity index (χ4n) is 2.01. The molecule has 0 bridgehead atoms. The Bertz CT molecular complexity index is 335. The van der Waals surface area contributed by atoms with Gasteiger partial charge in [-0.1, -0.05) is 0 Å². The third-order valence-electron chi connectivity index (χ3n) is 2.96. The van der Waals surface area contributed by atoms with Crippen LogP contribution in [0.4, 0.5) is 0 Å². The lowest BCUT2D eigenvalue weighted by molar-refractivity contribution is -0.123. The molecule has 1 aliphatic carbocycles. The molecule has 4 N–H and O–H groups in total. The van der Waals surface area contributed by atoms with E-state index in [1.54, 1.807) is 12.5 Å². The highest BCUT2D eigenvalue weighted by atomic mass is 16.1. The molecule has 2 unspecified atom stereocenters. The summed E-state index contributed by atoms with van der Waals surface area (Å²) in [6.45, 7) is 0. The van der Waals surface area contributed by atoms with Crippen molar-refractivity contribution in [3.63, 3.8) is 0 Å². The molecule has 1 saturated carbocycles. The Morgan fingerprint density at radius 3 is 2.93 bits per heavy atom. The van der Waals surface area contributed by atoms with Crippen molar-refractivity contribution in [1.29, 1.82) is 0 Å². The number of nitrogens with zero attached hydrogens (tertiary/aromatic N) is 2. The lowest BCUT2D eigenvalue weighted by Crippen LogP contribution is -2.49. The number of aromatic nitrogens is 2. The Hall–Kier alpha value is -1.36. The molecule has 0 saturated heterocycles. The number of carbonyl (C=O) groups excluding carboxylic acids is 1. The average Bonchev–Trinajstić information content (AvgIpc) is 2.72. The molecule has 76 valence electrons. The summed E-state index contributed by atoms with van der Waals surface area (Å²) in [5, 5.41) is 0. The van der Waals surface area contributed by atoms with E-state index in [1.807, 2.05) is 10.8 Å². The summed E-state index contributed by atoms with van der Waals surface area (Å²) < 4.78 is 1.98. The van der Waals surface area contributed by atoms with Gasteiger partial charge in [-0.15, -0.1) is 0 Å². The van der Waals surface area contributed by atoms with Gasteiger partial charge >= 0.3 is 0 Å². The molecule has 0 spiro atoms. The van der Waals surface area contributed by atoms with Crippen LogP contribution in [-0.4, -0.2) is 21.0 Å². The molecule has 5 heteroatoms. The number of rotatable bonds is 2. The van der Waals surface area contributed by atoms with Crippen molar-refractivity contribution in [3.8, 4) is 0 Å². The molecule has 0 aliphatic heterocycles. The first-order valence-electron chi connectivity index (χ1n) is 4.68. The van der Waals surface area contributed by atoms with Gasteiger partial charge in [0.25, 0.3) is 0 Å². The molecule has 2 rings (SSSR count). The van der Waals surface area contributed by atoms with Gasteiger partial charge in [-0.25, -0.2) is 4.98 Å². The number of primary amides is 1. The molecule has 1 aromatic rings. The maximum atomic E-state index is 11.1. The zero-order valence-corrected chi connectivity index (χ0v) is 7.89. The van der Waals surface area contributed by atoms with E-state index in [0.717, 1.165) is 6.42 Å². The van der Waals surface area contributed by atoms with Gasteiger partial charge in [0.1, 0.15) is 0 Å². The number of hydrogen-bond acceptors (Lipinski definition) is 3. The number of nitrogens with two attached hydrogens (primary N) is 2. The van der Waals surface area contributed by atoms with Gasteiger partial charge in [-0.3, -0.25) is 4.79 Å². The van der Waals surface area contributed by atoms with Crippen molar-refractivity contribution in [2.75, 3.05) is 0 Å². The summed E-state index contributed by atoms with van der Waals surface area (Å²) in [7, 11) is 0. The first kappa shape index (κ1) is 9.21. The monoisotopic (exact) mass is 194 g/mol. The third-order valence-corrected chi connectivity index (χ3v) is 2.96. The van der Waals surface area contributed by atoms with E-state index in [0.29, 0.717) is 12.8 Å². The van der Waals surface area contributed by atoms with Crippen LogP contribution in [0.15, 0.2) is 18.7 Å². The average molecular weight is 194 g/mol. The Morgan fingerprint density at radius 1 is 1.64 bits per heavy atom. The predicted molar refractivity (Wildman–Crippen MR) is 51.2 cm³/mol. The topological polar surface area (TPSA) is 86.9 Å². The molecule has 1 aromatic heterocycles. The summed E-state index contributed by atoms with van der Waals surface area (Å²) in [5.74, 6) is -0.403. The molecule has 0 radical (unpaired) electrons. The Balaban J connectivity index is 2.12. The molecule has 2 atom stereocenters. The largest absolute Gasteiger partial charge is 0.368 e. The highest BCUT2D eigenvalue weighted by Crippen LogP contribution is 2.35. The number of carbonyl (C=O) groups is 1. The molecule has 0 aromatic carbocycles. The minimum atomic E-state index is -0.824. The number of hydrogen-bond donors (Lipinski definition) is 2. The van der Waals surface area contributed by atoms with E-state index >= 15 is 0 Å². The highest BCUT2D eigenvalue weighted by Gasteiger charge is 2.41. The van der Waals surface area contributed by atoms with Crippen LogP contribution in [-0.2, 0) is 4.79 Å².